The van der Waals surface area contributed by atoms with Gasteiger partial charge in [-0.15, -0.1) is 0 Å². The topological polar surface area (TPSA) is 57.6 Å². The normalized spacial score (nSPS) is 11.4. The molecule has 0 fully saturated rings. The molecule has 0 saturated heterocycles. The van der Waals surface area contributed by atoms with E-state index in [2.05, 4.69) is 9.98 Å². The van der Waals surface area contributed by atoms with E-state index >= 15 is 0 Å². The molecule has 0 radical (unpaired) electrons. The molecule has 1 heterocycles. The average molecular weight is 335 g/mol. The van der Waals surface area contributed by atoms with Crippen molar-refractivity contribution in [3.05, 3.63) is 52.0 Å². The minimum atomic E-state index is 0.0422. The van der Waals surface area contributed by atoms with Gasteiger partial charge in [0, 0.05) is 22.1 Å². The summed E-state index contributed by atoms with van der Waals surface area (Å²) in [6.07, 6.45) is 1.57. The number of nitrogens with one attached hydrogen (secondary N) is 1. The highest BCUT2D eigenvalue weighted by Gasteiger charge is 2.09. The Morgan fingerprint density at radius 2 is 2.00 bits per heavy atom. The zero-order valence-corrected chi connectivity index (χ0v) is 13.1. The number of aliphatic imine (C=N–C) groups is 1. The molecule has 0 bridgehead atoms. The van der Waals surface area contributed by atoms with Crippen molar-refractivity contribution in [2.75, 3.05) is 7.11 Å². The van der Waals surface area contributed by atoms with Gasteiger partial charge in [0.25, 0.3) is 0 Å². The van der Waals surface area contributed by atoms with Crippen LogP contribution in [-0.2, 0) is 0 Å². The Balaban J connectivity index is 2.00. The summed E-state index contributed by atoms with van der Waals surface area (Å²) in [5.41, 5.74) is 2.02. The van der Waals surface area contributed by atoms with Gasteiger partial charge in [-0.2, -0.15) is 0 Å². The molecule has 2 aromatic carbocycles. The summed E-state index contributed by atoms with van der Waals surface area (Å²) in [7, 11) is 1.55. The van der Waals surface area contributed by atoms with Gasteiger partial charge in [-0.1, -0.05) is 23.2 Å². The summed E-state index contributed by atoms with van der Waals surface area (Å²) in [5.74, 6) is 0.628. The number of hydrogen-bond acceptors (Lipinski definition) is 3. The number of aromatic amines is 1. The number of H-pyrrole nitrogens is 1. The third-order valence-electron chi connectivity index (χ3n) is 3.26. The fourth-order valence-corrected chi connectivity index (χ4v) is 2.60. The van der Waals surface area contributed by atoms with E-state index in [-0.39, 0.29) is 5.88 Å². The first-order valence-electron chi connectivity index (χ1n) is 6.46. The summed E-state index contributed by atoms with van der Waals surface area (Å²) >= 11 is 12.1. The Morgan fingerprint density at radius 3 is 2.73 bits per heavy atom. The first-order chi connectivity index (χ1) is 10.6. The Morgan fingerprint density at radius 1 is 1.18 bits per heavy atom. The highest BCUT2D eigenvalue weighted by molar-refractivity contribution is 6.32. The van der Waals surface area contributed by atoms with E-state index < -0.39 is 0 Å². The van der Waals surface area contributed by atoms with Crippen LogP contribution < -0.4 is 4.74 Å². The van der Waals surface area contributed by atoms with Gasteiger partial charge >= 0.3 is 0 Å². The number of halogens is 2. The molecule has 112 valence electrons. The molecule has 0 aliphatic carbocycles. The van der Waals surface area contributed by atoms with Gasteiger partial charge in [0.05, 0.1) is 23.4 Å². The van der Waals surface area contributed by atoms with E-state index in [1.807, 2.05) is 0 Å². The van der Waals surface area contributed by atoms with Crippen molar-refractivity contribution in [2.24, 2.45) is 4.99 Å². The zero-order valence-electron chi connectivity index (χ0n) is 11.6. The van der Waals surface area contributed by atoms with Crippen molar-refractivity contribution in [3.63, 3.8) is 0 Å². The largest absolute Gasteiger partial charge is 0.495 e. The fourth-order valence-electron chi connectivity index (χ4n) is 2.18. The molecule has 0 saturated carbocycles. The van der Waals surface area contributed by atoms with Crippen molar-refractivity contribution >= 4 is 46.0 Å². The second-order valence-corrected chi connectivity index (χ2v) is 5.50. The van der Waals surface area contributed by atoms with Gasteiger partial charge in [0.15, 0.2) is 5.88 Å². The highest BCUT2D eigenvalue weighted by atomic mass is 35.5. The van der Waals surface area contributed by atoms with Crippen LogP contribution in [0, 0.1) is 0 Å². The molecule has 3 rings (SSSR count). The number of nitrogens with zero attached hydrogens (tertiary/aromatic N) is 1. The molecular formula is C16H12Cl2N2O2. The highest BCUT2D eigenvalue weighted by Crippen LogP contribution is 2.31. The fraction of sp³-hybridized carbons (Fsp3) is 0.0625. The SMILES string of the molecule is COc1ccc(N=Cc2c(O)[nH]c3ccc(Cl)cc23)cc1Cl. The van der Waals surface area contributed by atoms with Crippen LogP contribution in [0.2, 0.25) is 10.0 Å². The Bertz CT molecular complexity index is 872. The van der Waals surface area contributed by atoms with E-state index in [4.69, 9.17) is 27.9 Å². The van der Waals surface area contributed by atoms with Crippen LogP contribution >= 0.6 is 23.2 Å². The lowest BCUT2D eigenvalue weighted by molar-refractivity contribution is 0.415. The van der Waals surface area contributed by atoms with E-state index in [1.165, 1.54) is 0 Å². The summed E-state index contributed by atoms with van der Waals surface area (Å²) < 4.78 is 5.10. The van der Waals surface area contributed by atoms with E-state index in [0.29, 0.717) is 27.0 Å². The number of ether oxygens (including phenoxy) is 1. The van der Waals surface area contributed by atoms with Gasteiger partial charge < -0.3 is 14.8 Å². The molecule has 0 aliphatic rings. The van der Waals surface area contributed by atoms with E-state index in [1.54, 1.807) is 49.7 Å². The number of methoxy groups -OCH3 is 1. The maximum absolute atomic E-state index is 10.0. The second kappa shape index (κ2) is 5.91. The van der Waals surface area contributed by atoms with Gasteiger partial charge in [-0.05, 0) is 36.4 Å². The molecule has 4 nitrogen and oxygen atoms in total. The summed E-state index contributed by atoms with van der Waals surface area (Å²) in [6, 6.07) is 10.5. The molecule has 1 aromatic heterocycles. The van der Waals surface area contributed by atoms with Crippen molar-refractivity contribution in [1.29, 1.82) is 0 Å². The molecule has 2 N–H and O–H groups in total. The van der Waals surface area contributed by atoms with Gasteiger partial charge in [0.1, 0.15) is 5.75 Å². The number of hydrogen-bond donors (Lipinski definition) is 2. The first-order valence-corrected chi connectivity index (χ1v) is 7.22. The Labute approximate surface area is 137 Å². The number of rotatable bonds is 3. The maximum atomic E-state index is 10.0. The maximum Gasteiger partial charge on any atom is 0.198 e. The minimum absolute atomic E-state index is 0.0422. The van der Waals surface area contributed by atoms with Gasteiger partial charge in [-0.25, -0.2) is 0 Å². The van der Waals surface area contributed by atoms with Crippen LogP contribution in [0.1, 0.15) is 5.56 Å². The van der Waals surface area contributed by atoms with Crippen molar-refractivity contribution < 1.29 is 9.84 Å². The molecule has 22 heavy (non-hydrogen) atoms. The van der Waals surface area contributed by atoms with Crippen molar-refractivity contribution in [3.8, 4) is 11.6 Å². The van der Waals surface area contributed by atoms with E-state index in [0.717, 1.165) is 10.9 Å². The summed E-state index contributed by atoms with van der Waals surface area (Å²) in [6.45, 7) is 0. The lowest BCUT2D eigenvalue weighted by Gasteiger charge is -2.02. The molecule has 3 aromatic rings. The third kappa shape index (κ3) is 2.75. The first kappa shape index (κ1) is 14.8. The van der Waals surface area contributed by atoms with Crippen molar-refractivity contribution in [2.45, 2.75) is 0 Å². The molecule has 0 amide bonds. The number of aromatic nitrogens is 1. The standard InChI is InChI=1S/C16H12Cl2N2O2/c1-22-15-5-3-10(7-13(15)18)19-8-12-11-6-9(17)2-4-14(11)20-16(12)21/h2-8,20-21H,1H3. The van der Waals surface area contributed by atoms with Crippen LogP contribution in [0.3, 0.4) is 0 Å². The van der Waals surface area contributed by atoms with Gasteiger partial charge in [0.2, 0.25) is 0 Å². The van der Waals surface area contributed by atoms with Crippen LogP contribution in [0.25, 0.3) is 10.9 Å². The number of benzene rings is 2. The van der Waals surface area contributed by atoms with Crippen LogP contribution in [-0.4, -0.2) is 23.4 Å². The Hall–Kier alpha value is -2.17. The van der Waals surface area contributed by atoms with E-state index in [9.17, 15) is 5.11 Å². The molecule has 0 atom stereocenters. The average Bonchev–Trinajstić information content (AvgIpc) is 2.80. The summed E-state index contributed by atoms with van der Waals surface area (Å²) in [4.78, 5) is 7.22. The molecule has 0 unspecified atom stereocenters. The second-order valence-electron chi connectivity index (χ2n) is 4.65. The lowest BCUT2D eigenvalue weighted by atomic mass is 10.2. The molecular weight excluding hydrogens is 323 g/mol. The molecule has 6 heteroatoms. The lowest BCUT2D eigenvalue weighted by Crippen LogP contribution is -1.83. The van der Waals surface area contributed by atoms with Gasteiger partial charge in [-0.3, -0.25) is 4.99 Å². The van der Waals surface area contributed by atoms with Crippen molar-refractivity contribution in [1.82, 2.24) is 4.98 Å². The molecule has 0 spiro atoms. The smallest absolute Gasteiger partial charge is 0.198 e. The molecule has 0 aliphatic heterocycles. The number of fused-ring (bicyclic) bond motifs is 1. The van der Waals surface area contributed by atoms with Crippen LogP contribution in [0.15, 0.2) is 41.4 Å². The monoisotopic (exact) mass is 334 g/mol. The predicted molar refractivity (Wildman–Crippen MR) is 90.2 cm³/mol. The van der Waals surface area contributed by atoms with Crippen LogP contribution in [0.5, 0.6) is 11.6 Å². The third-order valence-corrected chi connectivity index (χ3v) is 3.79. The zero-order chi connectivity index (χ0) is 15.7. The Kier molecular flexibility index (Phi) is 3.96. The summed E-state index contributed by atoms with van der Waals surface area (Å²) in [5, 5.41) is 11.9. The quantitative estimate of drug-likeness (QED) is 0.666. The minimum Gasteiger partial charge on any atom is -0.495 e. The van der Waals surface area contributed by atoms with Crippen LogP contribution in [0.4, 0.5) is 5.69 Å². The number of aromatic hydroxyl groups is 1. The predicted octanol–water partition coefficient (Wildman–Crippen LogP) is 4.94.